The van der Waals surface area contributed by atoms with E-state index in [0.29, 0.717) is 55.8 Å². The quantitative estimate of drug-likeness (QED) is 0.536. The second-order valence-electron chi connectivity index (χ2n) is 11.5. The van der Waals surface area contributed by atoms with Crippen molar-refractivity contribution in [3.05, 3.63) is 76.5 Å². The van der Waals surface area contributed by atoms with Crippen LogP contribution in [-0.2, 0) is 35.6 Å². The van der Waals surface area contributed by atoms with Crippen molar-refractivity contribution >= 4 is 29.6 Å². The van der Waals surface area contributed by atoms with E-state index in [1.165, 1.54) is 0 Å². The third-order valence-electron chi connectivity index (χ3n) is 7.28. The Morgan fingerprint density at radius 2 is 1.85 bits per heavy atom. The number of urea groups is 1. The number of carbonyl (C=O) groups is 4. The second-order valence-corrected chi connectivity index (χ2v) is 11.5. The molecule has 3 N–H and O–H groups in total. The average Bonchev–Trinajstić information content (AvgIpc) is 3.21. The smallest absolute Gasteiger partial charge is 0.410 e. The van der Waals surface area contributed by atoms with E-state index in [9.17, 15) is 19.2 Å². The monoisotopic (exact) mass is 545 g/mol. The van der Waals surface area contributed by atoms with Crippen LogP contribution in [0.1, 0.15) is 66.2 Å². The molecule has 2 aromatic carbocycles. The van der Waals surface area contributed by atoms with E-state index in [2.05, 4.69) is 22.5 Å². The number of amides is 5. The molecule has 1 saturated heterocycles. The normalized spacial score (nSPS) is 18.6. The molecule has 3 aliphatic heterocycles. The Morgan fingerprint density at radius 3 is 2.60 bits per heavy atom. The summed E-state index contributed by atoms with van der Waals surface area (Å²) in [7, 11) is 0. The minimum Gasteiger partial charge on any atom is -0.444 e. The highest BCUT2D eigenvalue weighted by Crippen LogP contribution is 2.29. The average molecular weight is 546 g/mol. The molecule has 40 heavy (non-hydrogen) atoms. The lowest BCUT2D eigenvalue weighted by Crippen LogP contribution is -2.49. The van der Waals surface area contributed by atoms with Gasteiger partial charge in [-0.1, -0.05) is 24.8 Å². The zero-order valence-electron chi connectivity index (χ0n) is 23.1. The van der Waals surface area contributed by atoms with Gasteiger partial charge in [0.25, 0.3) is 5.91 Å². The minimum atomic E-state index is -0.542. The van der Waals surface area contributed by atoms with Crippen LogP contribution >= 0.6 is 0 Å². The van der Waals surface area contributed by atoms with Gasteiger partial charge in [0.1, 0.15) is 11.6 Å². The molecule has 0 aliphatic carbocycles. The Balaban J connectivity index is 1.14. The maximum absolute atomic E-state index is 12.9. The van der Waals surface area contributed by atoms with Crippen LogP contribution in [0.25, 0.3) is 0 Å². The number of nitrogens with zero attached hydrogens (tertiary/aromatic N) is 2. The Bertz CT molecular complexity index is 1400. The first-order chi connectivity index (χ1) is 19.0. The van der Waals surface area contributed by atoms with Crippen molar-refractivity contribution in [3.63, 3.8) is 0 Å². The first-order valence-electron chi connectivity index (χ1n) is 13.5. The predicted octanol–water partition coefficient (Wildman–Crippen LogP) is 4.05. The Kier molecular flexibility index (Phi) is 7.27. The van der Waals surface area contributed by atoms with E-state index in [1.807, 2.05) is 51.1 Å². The number of carbonyl (C=O) groups excluding carboxylic acids is 4. The van der Waals surface area contributed by atoms with Crippen molar-refractivity contribution in [2.75, 3.05) is 11.9 Å². The molecule has 0 aromatic heterocycles. The summed E-state index contributed by atoms with van der Waals surface area (Å²) in [6.07, 6.45) is 1.56. The molecule has 1 atom stereocenters. The fourth-order valence-corrected chi connectivity index (χ4v) is 5.29. The first kappa shape index (κ1) is 27.2. The number of hydrogen-bond donors (Lipinski definition) is 3. The van der Waals surface area contributed by atoms with Gasteiger partial charge in [0.15, 0.2) is 0 Å². The topological polar surface area (TPSA) is 120 Å². The Hall–Kier alpha value is -4.34. The summed E-state index contributed by atoms with van der Waals surface area (Å²) in [4.78, 5) is 53.7. The largest absolute Gasteiger partial charge is 0.444 e. The van der Waals surface area contributed by atoms with E-state index in [1.54, 1.807) is 15.9 Å². The van der Waals surface area contributed by atoms with Gasteiger partial charge in [-0.2, -0.15) is 0 Å². The third-order valence-corrected chi connectivity index (χ3v) is 7.28. The van der Waals surface area contributed by atoms with E-state index in [-0.39, 0.29) is 30.5 Å². The van der Waals surface area contributed by atoms with Gasteiger partial charge in [0.2, 0.25) is 5.91 Å². The van der Waals surface area contributed by atoms with E-state index < -0.39 is 11.6 Å². The summed E-state index contributed by atoms with van der Waals surface area (Å²) in [5.74, 6) is -0.347. The number of hydrogen-bond acceptors (Lipinski definition) is 5. The lowest BCUT2D eigenvalue weighted by atomic mass is 9.99. The minimum absolute atomic E-state index is 0.151. The van der Waals surface area contributed by atoms with Crippen LogP contribution in [0.4, 0.5) is 15.3 Å². The molecule has 210 valence electrons. The van der Waals surface area contributed by atoms with Crippen LogP contribution in [0.15, 0.2) is 48.7 Å². The number of ether oxygens (including phenoxy) is 1. The number of rotatable bonds is 4. The number of anilines is 1. The van der Waals surface area contributed by atoms with Crippen molar-refractivity contribution < 1.29 is 23.9 Å². The van der Waals surface area contributed by atoms with Crippen LogP contribution < -0.4 is 16.0 Å². The van der Waals surface area contributed by atoms with E-state index in [4.69, 9.17) is 4.74 Å². The molecule has 3 aliphatic rings. The van der Waals surface area contributed by atoms with Gasteiger partial charge in [-0.15, -0.1) is 0 Å². The molecule has 10 heteroatoms. The number of fused-ring (bicyclic) bond motifs is 2. The zero-order chi connectivity index (χ0) is 28.6. The van der Waals surface area contributed by atoms with Gasteiger partial charge in [-0.25, -0.2) is 9.59 Å². The van der Waals surface area contributed by atoms with E-state index in [0.717, 1.165) is 22.3 Å². The number of benzene rings is 2. The molecule has 5 rings (SSSR count). The molecule has 3 heterocycles. The Labute approximate surface area is 233 Å². The molecule has 0 radical (unpaired) electrons. The third kappa shape index (κ3) is 5.95. The molecule has 2 aromatic rings. The van der Waals surface area contributed by atoms with Crippen molar-refractivity contribution in [2.45, 2.75) is 71.3 Å². The maximum Gasteiger partial charge on any atom is 0.410 e. The highest BCUT2D eigenvalue weighted by atomic mass is 16.6. The fraction of sp³-hybridized carbons (Fsp3) is 0.400. The second kappa shape index (κ2) is 10.7. The van der Waals surface area contributed by atoms with Gasteiger partial charge in [-0.3, -0.25) is 9.59 Å². The van der Waals surface area contributed by atoms with Gasteiger partial charge >= 0.3 is 12.1 Å². The summed E-state index contributed by atoms with van der Waals surface area (Å²) in [6, 6.07) is 10.3. The maximum atomic E-state index is 12.9. The van der Waals surface area contributed by atoms with Crippen LogP contribution in [0.5, 0.6) is 0 Å². The van der Waals surface area contributed by atoms with Gasteiger partial charge in [0, 0.05) is 43.1 Å². The van der Waals surface area contributed by atoms with Crippen molar-refractivity contribution in [2.24, 2.45) is 0 Å². The van der Waals surface area contributed by atoms with Crippen LogP contribution in [-0.4, -0.2) is 51.9 Å². The summed E-state index contributed by atoms with van der Waals surface area (Å²) in [5, 5.41) is 8.49. The Morgan fingerprint density at radius 1 is 1.05 bits per heavy atom. The van der Waals surface area contributed by atoms with Crippen molar-refractivity contribution in [1.29, 1.82) is 0 Å². The number of piperidine rings is 1. The standard InChI is InChI=1S/C30H35N5O5/c1-18-5-10-25(26(36)32-18)35-17-22-13-19(6-9-24(22)27(35)37)15-31-28(38)33-23-8-7-21-16-34(12-11-20(21)14-23)29(39)40-30(2,3)4/h6-9,13-14,25H,1,5,10-12,15-17H2,2-4H3,(H,32,36)(H2,31,33,38). The fourth-order valence-electron chi connectivity index (χ4n) is 5.29. The molecule has 1 unspecified atom stereocenters. The molecule has 0 bridgehead atoms. The van der Waals surface area contributed by atoms with Gasteiger partial charge in [0.05, 0.1) is 0 Å². The number of nitrogens with one attached hydrogen (secondary N) is 3. The first-order valence-corrected chi connectivity index (χ1v) is 13.5. The summed E-state index contributed by atoms with van der Waals surface area (Å²) < 4.78 is 5.49. The zero-order valence-corrected chi connectivity index (χ0v) is 23.1. The molecule has 1 fully saturated rings. The SMILES string of the molecule is C=C1CCC(N2Cc3cc(CNC(=O)Nc4ccc5c(c4)CCN(C(=O)OC(C)(C)C)C5)ccc3C2=O)C(=O)N1. The molecular formula is C30H35N5O5. The van der Waals surface area contributed by atoms with Crippen molar-refractivity contribution in [3.8, 4) is 0 Å². The highest BCUT2D eigenvalue weighted by Gasteiger charge is 2.38. The summed E-state index contributed by atoms with van der Waals surface area (Å²) in [6.45, 7) is 11.0. The van der Waals surface area contributed by atoms with Gasteiger partial charge in [-0.05, 0) is 80.5 Å². The summed E-state index contributed by atoms with van der Waals surface area (Å²) >= 11 is 0. The molecule has 0 saturated carbocycles. The summed E-state index contributed by atoms with van der Waals surface area (Å²) in [5.41, 5.74) is 5.21. The van der Waals surface area contributed by atoms with Crippen LogP contribution in [0, 0.1) is 0 Å². The van der Waals surface area contributed by atoms with Crippen molar-refractivity contribution in [1.82, 2.24) is 20.4 Å². The van der Waals surface area contributed by atoms with E-state index >= 15 is 0 Å². The van der Waals surface area contributed by atoms with Crippen LogP contribution in [0.3, 0.4) is 0 Å². The predicted molar refractivity (Wildman–Crippen MR) is 149 cm³/mol. The molecular weight excluding hydrogens is 510 g/mol. The lowest BCUT2D eigenvalue weighted by molar-refractivity contribution is -0.126. The highest BCUT2D eigenvalue weighted by molar-refractivity contribution is 6.01. The van der Waals surface area contributed by atoms with Crippen LogP contribution in [0.2, 0.25) is 0 Å². The lowest BCUT2D eigenvalue weighted by Gasteiger charge is -2.31. The number of allylic oxidation sites excluding steroid dienone is 1. The molecule has 0 spiro atoms. The molecule has 10 nitrogen and oxygen atoms in total. The molecule has 5 amide bonds. The van der Waals surface area contributed by atoms with Gasteiger partial charge < -0.3 is 30.5 Å².